The summed E-state index contributed by atoms with van der Waals surface area (Å²) in [5.41, 5.74) is 6.08. The molecule has 0 amide bonds. The zero-order chi connectivity index (χ0) is 32.4. The summed E-state index contributed by atoms with van der Waals surface area (Å²) >= 11 is 7.29. The summed E-state index contributed by atoms with van der Waals surface area (Å²) < 4.78 is 0. The Morgan fingerprint density at radius 1 is 0.605 bits per heavy atom. The number of aryl methyl sites for hydroxylation is 2. The molecule has 4 aromatic heterocycles. The van der Waals surface area contributed by atoms with E-state index in [2.05, 4.69) is 146 Å². The first-order valence-corrected chi connectivity index (χ1v) is 19.8. The van der Waals surface area contributed by atoms with Gasteiger partial charge < -0.3 is 0 Å². The summed E-state index contributed by atoms with van der Waals surface area (Å²) in [6.07, 6.45) is 7.94. The Morgan fingerprint density at radius 2 is 1.30 bits per heavy atom. The fourth-order valence-corrected chi connectivity index (χ4v) is 7.95. The van der Waals surface area contributed by atoms with Crippen molar-refractivity contribution in [2.45, 2.75) is 132 Å². The molecule has 0 bridgehead atoms. The van der Waals surface area contributed by atoms with Crippen LogP contribution in [0.25, 0.3) is 0 Å². The van der Waals surface area contributed by atoms with E-state index >= 15 is 0 Å². The van der Waals surface area contributed by atoms with E-state index in [1.165, 1.54) is 57.0 Å². The Kier molecular flexibility index (Phi) is 20.3. The first kappa shape index (κ1) is 39.6. The lowest BCUT2D eigenvalue weighted by Gasteiger charge is -2.15. The fraction of sp³-hybridized carbons (Fsp3) is 0.538. The van der Waals surface area contributed by atoms with E-state index in [-0.39, 0.29) is 0 Å². The SMILES string of the molecule is CC(C)C1=CCCCC1.CC(C)c1cccs1.CC(C)c1ccsc1.Cc1ccsc1C(C)C.Cc1sccc1C(C)C. The summed E-state index contributed by atoms with van der Waals surface area (Å²) in [5.74, 6) is 3.59. The molecule has 240 valence electrons. The van der Waals surface area contributed by atoms with Crippen LogP contribution in [0, 0.1) is 19.8 Å². The summed E-state index contributed by atoms with van der Waals surface area (Å²) in [6.45, 7) is 26.7. The quantitative estimate of drug-likeness (QED) is 0.188. The Hall–Kier alpha value is -1.46. The maximum absolute atomic E-state index is 2.42. The topological polar surface area (TPSA) is 0 Å². The van der Waals surface area contributed by atoms with Crippen LogP contribution in [0.5, 0.6) is 0 Å². The van der Waals surface area contributed by atoms with E-state index in [0.29, 0.717) is 23.7 Å². The summed E-state index contributed by atoms with van der Waals surface area (Å²) in [5, 5.41) is 10.8. The molecule has 0 saturated carbocycles. The lowest BCUT2D eigenvalue weighted by Crippen LogP contribution is -1.98. The molecule has 5 rings (SSSR count). The first-order chi connectivity index (χ1) is 20.3. The van der Waals surface area contributed by atoms with Gasteiger partial charge in [-0.05, 0) is 137 Å². The minimum Gasteiger partial charge on any atom is -0.152 e. The second-order valence-electron chi connectivity index (χ2n) is 12.8. The predicted octanol–water partition coefficient (Wildman–Crippen LogP) is 15.2. The van der Waals surface area contributed by atoms with Gasteiger partial charge in [-0.3, -0.25) is 0 Å². The van der Waals surface area contributed by atoms with E-state index in [4.69, 9.17) is 0 Å². The van der Waals surface area contributed by atoms with Crippen LogP contribution in [-0.4, -0.2) is 0 Å². The second-order valence-corrected chi connectivity index (χ2v) is 16.6. The first-order valence-electron chi connectivity index (χ1n) is 16.2. The van der Waals surface area contributed by atoms with Crippen LogP contribution >= 0.6 is 45.3 Å². The number of rotatable bonds is 5. The lowest BCUT2D eigenvalue weighted by atomic mass is 9.92. The van der Waals surface area contributed by atoms with Crippen LogP contribution in [0.3, 0.4) is 0 Å². The predicted molar refractivity (Wildman–Crippen MR) is 204 cm³/mol. The largest absolute Gasteiger partial charge is 0.152 e. The zero-order valence-electron chi connectivity index (χ0n) is 29.2. The van der Waals surface area contributed by atoms with E-state index in [1.54, 1.807) is 16.9 Å². The van der Waals surface area contributed by atoms with Gasteiger partial charge in [0.1, 0.15) is 0 Å². The van der Waals surface area contributed by atoms with Crippen molar-refractivity contribution in [1.82, 2.24) is 0 Å². The molecule has 0 aliphatic heterocycles. The van der Waals surface area contributed by atoms with Crippen LogP contribution in [0.2, 0.25) is 0 Å². The fourth-order valence-electron chi connectivity index (χ4n) is 4.58. The molecule has 0 radical (unpaired) electrons. The highest BCUT2D eigenvalue weighted by molar-refractivity contribution is 7.10. The molecular formula is C39H60S4. The van der Waals surface area contributed by atoms with E-state index in [9.17, 15) is 0 Å². The van der Waals surface area contributed by atoms with Crippen LogP contribution in [0.15, 0.2) is 68.9 Å². The van der Waals surface area contributed by atoms with Crippen molar-refractivity contribution in [3.63, 3.8) is 0 Å². The van der Waals surface area contributed by atoms with Gasteiger partial charge in [0.25, 0.3) is 0 Å². The Bertz CT molecular complexity index is 1130. The third kappa shape index (κ3) is 16.4. The van der Waals surface area contributed by atoms with Gasteiger partial charge in [0.15, 0.2) is 0 Å². The summed E-state index contributed by atoms with van der Waals surface area (Å²) in [7, 11) is 0. The molecule has 0 nitrogen and oxygen atoms in total. The molecule has 43 heavy (non-hydrogen) atoms. The van der Waals surface area contributed by atoms with Gasteiger partial charge >= 0.3 is 0 Å². The average molecular weight is 657 g/mol. The highest BCUT2D eigenvalue weighted by Gasteiger charge is 2.06. The maximum atomic E-state index is 2.42. The number of allylic oxidation sites excluding steroid dienone is 2. The van der Waals surface area contributed by atoms with E-state index < -0.39 is 0 Å². The molecule has 0 saturated heterocycles. The Morgan fingerprint density at radius 3 is 1.56 bits per heavy atom. The molecule has 1 aliphatic carbocycles. The second kappa shape index (κ2) is 22.1. The summed E-state index contributed by atoms with van der Waals surface area (Å²) in [6, 6.07) is 10.8. The zero-order valence-corrected chi connectivity index (χ0v) is 32.5. The highest BCUT2D eigenvalue weighted by atomic mass is 32.1. The lowest BCUT2D eigenvalue weighted by molar-refractivity contribution is 0.620. The van der Waals surface area contributed by atoms with Gasteiger partial charge in [0.05, 0.1) is 0 Å². The third-order valence-electron chi connectivity index (χ3n) is 7.34. The molecular weight excluding hydrogens is 597 g/mol. The van der Waals surface area contributed by atoms with Crippen molar-refractivity contribution in [3.8, 4) is 0 Å². The van der Waals surface area contributed by atoms with Crippen LogP contribution in [-0.2, 0) is 0 Å². The maximum Gasteiger partial charge on any atom is 0.00998 e. The van der Waals surface area contributed by atoms with Crippen molar-refractivity contribution in [2.24, 2.45) is 5.92 Å². The number of hydrogen-bond donors (Lipinski definition) is 0. The van der Waals surface area contributed by atoms with Gasteiger partial charge in [-0.2, -0.15) is 11.3 Å². The van der Waals surface area contributed by atoms with Crippen molar-refractivity contribution in [1.29, 1.82) is 0 Å². The van der Waals surface area contributed by atoms with Crippen molar-refractivity contribution in [3.05, 3.63) is 100 Å². The molecule has 0 atom stereocenters. The third-order valence-corrected chi connectivity index (χ3v) is 11.4. The summed E-state index contributed by atoms with van der Waals surface area (Å²) in [4.78, 5) is 4.46. The molecule has 0 N–H and O–H groups in total. The van der Waals surface area contributed by atoms with Gasteiger partial charge in [0.2, 0.25) is 0 Å². The Labute approximate surface area is 282 Å². The van der Waals surface area contributed by atoms with Gasteiger partial charge in [0, 0.05) is 14.6 Å². The molecule has 4 heterocycles. The van der Waals surface area contributed by atoms with Crippen LogP contribution in [0.4, 0.5) is 0 Å². The highest BCUT2D eigenvalue weighted by Crippen LogP contribution is 2.25. The molecule has 0 unspecified atom stereocenters. The van der Waals surface area contributed by atoms with Crippen LogP contribution in [0.1, 0.15) is 150 Å². The smallest absolute Gasteiger partial charge is 0.00998 e. The molecule has 4 heteroatoms. The molecule has 0 aromatic carbocycles. The number of thiophene rings is 4. The van der Waals surface area contributed by atoms with Crippen LogP contribution < -0.4 is 0 Å². The normalized spacial score (nSPS) is 12.5. The average Bonchev–Trinajstić information content (AvgIpc) is 3.79. The Balaban J connectivity index is 0.000000269. The minimum absolute atomic E-state index is 0.691. The monoisotopic (exact) mass is 656 g/mol. The van der Waals surface area contributed by atoms with Gasteiger partial charge in [-0.1, -0.05) is 87.0 Å². The minimum atomic E-state index is 0.691. The van der Waals surface area contributed by atoms with Gasteiger partial charge in [-0.15, -0.1) is 34.0 Å². The molecule has 1 aliphatic rings. The van der Waals surface area contributed by atoms with Crippen molar-refractivity contribution < 1.29 is 0 Å². The molecule has 0 fully saturated rings. The van der Waals surface area contributed by atoms with E-state index in [1.807, 2.05) is 34.0 Å². The van der Waals surface area contributed by atoms with Crippen molar-refractivity contribution in [2.75, 3.05) is 0 Å². The molecule has 0 spiro atoms. The van der Waals surface area contributed by atoms with Crippen molar-refractivity contribution >= 4 is 45.3 Å². The van der Waals surface area contributed by atoms with E-state index in [0.717, 1.165) is 5.92 Å². The van der Waals surface area contributed by atoms with Gasteiger partial charge in [-0.25, -0.2) is 0 Å². The molecule has 4 aromatic rings. The number of hydrogen-bond acceptors (Lipinski definition) is 4. The standard InChI is InChI=1S/C9H16.2C8H12S.2C7H10S/c1-8(2)9-6-4-3-5-7-9;1-6(2)8-4-5-9-7(8)3;1-6(2)8-7(3)4-5-9-8;1-6(2)7-3-4-8-5-7;1-6(2)7-4-3-5-8-7/h6,8H,3-5,7H2,1-2H3;2*4-6H,1-3H3;2*3-6H,1-2H3.